The third kappa shape index (κ3) is 8.53. The number of unbranched alkanes of at least 4 members (excludes halogenated alkanes) is 2. The molecule has 2 saturated carbocycles. The summed E-state index contributed by atoms with van der Waals surface area (Å²) in [6, 6.07) is 0. The van der Waals surface area contributed by atoms with Gasteiger partial charge in [0.15, 0.2) is 0 Å². The van der Waals surface area contributed by atoms with Crippen molar-refractivity contribution >= 4 is 6.16 Å². The lowest BCUT2D eigenvalue weighted by atomic mass is 9.46. The van der Waals surface area contributed by atoms with E-state index in [1.54, 1.807) is 0 Å². The molecule has 3 aliphatic rings. The summed E-state index contributed by atoms with van der Waals surface area (Å²) >= 11 is 0. The van der Waals surface area contributed by atoms with Crippen LogP contribution in [0.25, 0.3) is 0 Å². The minimum Gasteiger partial charge on any atom is -0.450 e. The van der Waals surface area contributed by atoms with Crippen LogP contribution < -0.4 is 0 Å². The summed E-state index contributed by atoms with van der Waals surface area (Å²) in [4.78, 5) is 10.9. The van der Waals surface area contributed by atoms with Crippen LogP contribution in [0.1, 0.15) is 146 Å². The summed E-state index contributed by atoms with van der Waals surface area (Å²) < 4.78 is 5.11. The minimum absolute atomic E-state index is 0.135. The molecule has 0 aromatic carbocycles. The van der Waals surface area contributed by atoms with Gasteiger partial charge in [-0.15, -0.1) is 0 Å². The van der Waals surface area contributed by atoms with Crippen LogP contribution in [0.2, 0.25) is 0 Å². The number of ether oxygens (including phenoxy) is 1. The van der Waals surface area contributed by atoms with E-state index in [0.29, 0.717) is 5.41 Å². The van der Waals surface area contributed by atoms with E-state index in [1.165, 1.54) is 69.8 Å². The zero-order valence-electron chi connectivity index (χ0n) is 24.9. The van der Waals surface area contributed by atoms with E-state index in [-0.39, 0.29) is 11.5 Å². The number of fused-ring (bicyclic) bond motifs is 3. The molecule has 0 saturated heterocycles. The van der Waals surface area contributed by atoms with Crippen LogP contribution in [-0.4, -0.2) is 17.4 Å². The summed E-state index contributed by atoms with van der Waals surface area (Å²) in [5, 5.41) is 8.95. The molecule has 6 unspecified atom stereocenters. The normalized spacial score (nSPS) is 33.7. The first-order valence-electron chi connectivity index (χ1n) is 15.2. The highest BCUT2D eigenvalue weighted by Gasteiger charge is 2.54. The molecule has 0 aromatic rings. The fraction of sp³-hybridized carbons (Fsp3) is 0.906. The van der Waals surface area contributed by atoms with Gasteiger partial charge in [0.25, 0.3) is 0 Å². The molecule has 35 heavy (non-hydrogen) atoms. The quantitative estimate of drug-likeness (QED) is 0.208. The summed E-state index contributed by atoms with van der Waals surface area (Å²) in [6.45, 7) is 20.5. The van der Waals surface area contributed by atoms with Gasteiger partial charge in [0.05, 0.1) is 0 Å². The Kier molecular flexibility index (Phi) is 14.0. The largest absolute Gasteiger partial charge is 0.506 e. The zero-order valence-corrected chi connectivity index (χ0v) is 24.9. The Balaban J connectivity index is 0.000000523. The van der Waals surface area contributed by atoms with E-state index in [4.69, 9.17) is 9.84 Å². The second-order valence-corrected chi connectivity index (χ2v) is 12.2. The van der Waals surface area contributed by atoms with Gasteiger partial charge in [0.2, 0.25) is 0 Å². The third-order valence-corrected chi connectivity index (χ3v) is 9.64. The first-order valence-corrected chi connectivity index (χ1v) is 15.2. The molecule has 0 amide bonds. The molecule has 3 rings (SSSR count). The smallest absolute Gasteiger partial charge is 0.450 e. The molecule has 3 aliphatic carbocycles. The van der Waals surface area contributed by atoms with E-state index >= 15 is 0 Å². The summed E-state index contributed by atoms with van der Waals surface area (Å²) in [5.41, 5.74) is 2.26. The molecule has 2 fully saturated rings. The Morgan fingerprint density at radius 2 is 1.77 bits per heavy atom. The van der Waals surface area contributed by atoms with Crippen LogP contribution >= 0.6 is 0 Å². The lowest BCUT2D eigenvalue weighted by molar-refractivity contribution is -0.0582. The maximum absolute atomic E-state index is 10.9. The van der Waals surface area contributed by atoms with Gasteiger partial charge in [-0.2, -0.15) is 0 Å². The SMILES string of the molecule is CC.CCCC1C2CC=C3CC(OC(=O)O)CCC3(C)C2CCC1(C)CC.CCCCCC(C)C. The molecule has 0 aliphatic heterocycles. The summed E-state index contributed by atoms with van der Waals surface area (Å²) in [7, 11) is 0. The van der Waals surface area contributed by atoms with E-state index in [0.717, 1.165) is 42.9 Å². The highest BCUT2D eigenvalue weighted by molar-refractivity contribution is 5.57. The van der Waals surface area contributed by atoms with Crippen molar-refractivity contribution in [2.75, 3.05) is 0 Å². The zero-order chi connectivity index (χ0) is 26.6. The number of carboxylic acid groups (broad SMARTS) is 1. The van der Waals surface area contributed by atoms with Crippen molar-refractivity contribution in [1.29, 1.82) is 0 Å². The Morgan fingerprint density at radius 3 is 2.31 bits per heavy atom. The Morgan fingerprint density at radius 1 is 1.09 bits per heavy atom. The number of hydrogen-bond donors (Lipinski definition) is 1. The van der Waals surface area contributed by atoms with Gasteiger partial charge in [-0.05, 0) is 73.0 Å². The van der Waals surface area contributed by atoms with Crippen molar-refractivity contribution in [3.63, 3.8) is 0 Å². The highest BCUT2D eigenvalue weighted by atomic mass is 16.7. The molecule has 1 N–H and O–H groups in total. The van der Waals surface area contributed by atoms with Gasteiger partial charge in [-0.1, -0.05) is 112 Å². The summed E-state index contributed by atoms with van der Waals surface area (Å²) in [6.07, 6.45) is 17.4. The molecule has 0 aromatic heterocycles. The molecular formula is C32H60O3. The molecule has 0 spiro atoms. The molecule has 3 nitrogen and oxygen atoms in total. The van der Waals surface area contributed by atoms with Crippen LogP contribution in [0.15, 0.2) is 11.6 Å². The van der Waals surface area contributed by atoms with Crippen molar-refractivity contribution in [2.45, 2.75) is 152 Å². The fourth-order valence-electron chi connectivity index (χ4n) is 7.38. The third-order valence-electron chi connectivity index (χ3n) is 9.64. The van der Waals surface area contributed by atoms with Crippen molar-refractivity contribution in [2.24, 2.45) is 34.5 Å². The first-order chi connectivity index (χ1) is 16.6. The van der Waals surface area contributed by atoms with Gasteiger partial charge in [0.1, 0.15) is 6.10 Å². The average Bonchev–Trinajstić information content (AvgIpc) is 2.82. The van der Waals surface area contributed by atoms with E-state index in [2.05, 4.69) is 54.5 Å². The van der Waals surface area contributed by atoms with E-state index < -0.39 is 6.16 Å². The molecule has 0 heterocycles. The minimum atomic E-state index is -1.12. The molecule has 3 heteroatoms. The monoisotopic (exact) mass is 492 g/mol. The predicted molar refractivity (Wildman–Crippen MR) is 151 cm³/mol. The lowest BCUT2D eigenvalue weighted by Crippen LogP contribution is -2.50. The molecule has 0 radical (unpaired) electrons. The second kappa shape index (κ2) is 15.3. The second-order valence-electron chi connectivity index (χ2n) is 12.2. The Bertz CT molecular complexity index is 639. The van der Waals surface area contributed by atoms with Crippen LogP contribution in [0, 0.1) is 34.5 Å². The molecule has 206 valence electrons. The number of rotatable bonds is 8. The fourth-order valence-corrected chi connectivity index (χ4v) is 7.38. The van der Waals surface area contributed by atoms with Gasteiger partial charge in [0, 0.05) is 6.42 Å². The maximum atomic E-state index is 10.9. The van der Waals surface area contributed by atoms with Crippen LogP contribution in [0.4, 0.5) is 4.79 Å². The Hall–Kier alpha value is -0.990. The first kappa shape index (κ1) is 32.0. The summed E-state index contributed by atoms with van der Waals surface area (Å²) in [5.74, 6) is 3.32. The standard InChI is InChI=1S/C22H36O3.C8H18.C2H6/c1-5-7-18-17-9-8-15-14-16(25-20(23)24)10-13-22(15,4)19(17)11-12-21(18,3)6-2;1-4-5-6-7-8(2)3;1-2/h8,16-19H,5-7,9-14H2,1-4H3,(H,23,24);8H,4-7H2,1-3H3;1-2H3. The van der Waals surface area contributed by atoms with Crippen LogP contribution in [0.3, 0.4) is 0 Å². The average molecular weight is 493 g/mol. The van der Waals surface area contributed by atoms with Gasteiger partial charge in [-0.25, -0.2) is 4.79 Å². The van der Waals surface area contributed by atoms with Gasteiger partial charge < -0.3 is 9.84 Å². The molecule has 0 bridgehead atoms. The van der Waals surface area contributed by atoms with Crippen molar-refractivity contribution in [3.05, 3.63) is 11.6 Å². The van der Waals surface area contributed by atoms with Crippen molar-refractivity contribution in [3.8, 4) is 0 Å². The van der Waals surface area contributed by atoms with Gasteiger partial charge in [-0.3, -0.25) is 0 Å². The van der Waals surface area contributed by atoms with Crippen molar-refractivity contribution < 1.29 is 14.6 Å². The van der Waals surface area contributed by atoms with E-state index in [9.17, 15) is 4.79 Å². The highest BCUT2D eigenvalue weighted by Crippen LogP contribution is 2.62. The number of allylic oxidation sites excluding steroid dienone is 1. The van der Waals surface area contributed by atoms with Crippen LogP contribution in [0.5, 0.6) is 0 Å². The van der Waals surface area contributed by atoms with Crippen LogP contribution in [-0.2, 0) is 4.74 Å². The molecule has 6 atom stereocenters. The Labute approximate surface area is 218 Å². The van der Waals surface area contributed by atoms with Gasteiger partial charge >= 0.3 is 6.16 Å². The number of carbonyl (C=O) groups is 1. The lowest BCUT2D eigenvalue weighted by Gasteiger charge is -2.58. The van der Waals surface area contributed by atoms with E-state index in [1.807, 2.05) is 13.8 Å². The van der Waals surface area contributed by atoms with Crippen molar-refractivity contribution in [1.82, 2.24) is 0 Å². The topological polar surface area (TPSA) is 46.5 Å². The maximum Gasteiger partial charge on any atom is 0.506 e. The number of hydrogen-bond acceptors (Lipinski definition) is 2. The molecular weight excluding hydrogens is 432 g/mol. The predicted octanol–water partition coefficient (Wildman–Crippen LogP) is 10.7.